The number of carbonyl (C=O) groups is 1. The molecule has 3 atom stereocenters. The molecule has 2 N–H and O–H groups in total. The molecule has 2 aromatic rings. The predicted octanol–water partition coefficient (Wildman–Crippen LogP) is 2.51. The fourth-order valence-corrected chi connectivity index (χ4v) is 4.33. The first kappa shape index (κ1) is 20.7. The maximum absolute atomic E-state index is 14.0. The molecule has 2 fully saturated rings. The van der Waals surface area contributed by atoms with Gasteiger partial charge in [-0.1, -0.05) is 12.1 Å². The summed E-state index contributed by atoms with van der Waals surface area (Å²) in [7, 11) is 3.78. The summed E-state index contributed by atoms with van der Waals surface area (Å²) >= 11 is 0. The van der Waals surface area contributed by atoms with Gasteiger partial charge in [0.15, 0.2) is 0 Å². The van der Waals surface area contributed by atoms with Gasteiger partial charge in [0, 0.05) is 45.0 Å². The normalized spacial score (nSPS) is 24.1. The third-order valence-corrected chi connectivity index (χ3v) is 6.02. The summed E-state index contributed by atoms with van der Waals surface area (Å²) in [5, 5.41) is 0. The number of hydrazine groups is 1. The maximum Gasteiger partial charge on any atom is 0.229 e. The zero-order chi connectivity index (χ0) is 21.3. The molecule has 4 rings (SSSR count). The van der Waals surface area contributed by atoms with Crippen LogP contribution in [0.1, 0.15) is 37.9 Å². The molecular weight excluding hydrogens is 383 g/mol. The van der Waals surface area contributed by atoms with Crippen LogP contribution >= 0.6 is 0 Å². The van der Waals surface area contributed by atoms with Crippen LogP contribution in [-0.2, 0) is 4.79 Å². The molecule has 1 aromatic heterocycles. The van der Waals surface area contributed by atoms with Crippen molar-refractivity contribution < 1.29 is 9.18 Å². The van der Waals surface area contributed by atoms with Gasteiger partial charge in [0.1, 0.15) is 5.82 Å². The molecule has 3 unspecified atom stereocenters. The van der Waals surface area contributed by atoms with E-state index >= 15 is 0 Å². The van der Waals surface area contributed by atoms with Crippen molar-refractivity contribution in [3.05, 3.63) is 42.0 Å². The van der Waals surface area contributed by atoms with E-state index in [0.717, 1.165) is 36.1 Å². The number of aromatic nitrogens is 2. The predicted molar refractivity (Wildman–Crippen MR) is 114 cm³/mol. The minimum absolute atomic E-state index is 0.0745. The van der Waals surface area contributed by atoms with Gasteiger partial charge in [-0.3, -0.25) is 15.6 Å². The number of carbonyl (C=O) groups excluding carboxylic acids is 1. The number of rotatable bonds is 4. The SMILES string of the molecule is CC1NNCC1C(=O)N1CCCCC1c1nc(N(C)C)ncc1-c1cccc(F)c1. The van der Waals surface area contributed by atoms with Crippen molar-refractivity contribution in [1.29, 1.82) is 0 Å². The number of halogens is 1. The van der Waals surface area contributed by atoms with E-state index in [2.05, 4.69) is 15.8 Å². The quantitative estimate of drug-likeness (QED) is 0.804. The maximum atomic E-state index is 14.0. The molecule has 0 bridgehead atoms. The number of nitrogens with one attached hydrogen (secondary N) is 2. The Kier molecular flexibility index (Phi) is 5.97. The molecule has 2 aliphatic rings. The van der Waals surface area contributed by atoms with Gasteiger partial charge in [0.2, 0.25) is 11.9 Å². The second-order valence-electron chi connectivity index (χ2n) is 8.34. The minimum Gasteiger partial charge on any atom is -0.347 e. The topological polar surface area (TPSA) is 73.4 Å². The number of nitrogens with zero attached hydrogens (tertiary/aromatic N) is 4. The fourth-order valence-electron chi connectivity index (χ4n) is 4.33. The summed E-state index contributed by atoms with van der Waals surface area (Å²) in [6, 6.07) is 6.40. The van der Waals surface area contributed by atoms with Crippen LogP contribution in [0.4, 0.5) is 10.3 Å². The smallest absolute Gasteiger partial charge is 0.229 e. The van der Waals surface area contributed by atoms with Gasteiger partial charge >= 0.3 is 0 Å². The van der Waals surface area contributed by atoms with E-state index in [0.29, 0.717) is 19.0 Å². The standard InChI is InChI=1S/C22H29FN6O/c1-14-17(13-25-27-14)21(30)29-10-5-4-9-19(29)20-18(12-24-22(26-20)28(2)3)15-7-6-8-16(23)11-15/h6-8,11-12,14,17,19,25,27H,4-5,9-10,13H2,1-3H3. The van der Waals surface area contributed by atoms with Crippen molar-refractivity contribution in [2.24, 2.45) is 5.92 Å². The van der Waals surface area contributed by atoms with Gasteiger partial charge in [-0.25, -0.2) is 14.4 Å². The number of piperidine rings is 1. The average Bonchev–Trinajstić information content (AvgIpc) is 3.18. The number of hydrogen-bond donors (Lipinski definition) is 2. The van der Waals surface area contributed by atoms with E-state index in [4.69, 9.17) is 4.98 Å². The third-order valence-electron chi connectivity index (χ3n) is 6.02. The Morgan fingerprint density at radius 2 is 2.13 bits per heavy atom. The number of anilines is 1. The Morgan fingerprint density at radius 1 is 1.30 bits per heavy atom. The molecule has 0 aliphatic carbocycles. The summed E-state index contributed by atoms with van der Waals surface area (Å²) in [4.78, 5) is 26.6. The highest BCUT2D eigenvalue weighted by Gasteiger charge is 2.38. The summed E-state index contributed by atoms with van der Waals surface area (Å²) in [6.07, 6.45) is 4.59. The van der Waals surface area contributed by atoms with Crippen molar-refractivity contribution in [1.82, 2.24) is 25.7 Å². The molecule has 0 radical (unpaired) electrons. The first-order valence-electron chi connectivity index (χ1n) is 10.5. The molecule has 7 nitrogen and oxygen atoms in total. The van der Waals surface area contributed by atoms with Crippen molar-refractivity contribution in [2.75, 3.05) is 32.1 Å². The number of hydrogen-bond acceptors (Lipinski definition) is 6. The number of amides is 1. The zero-order valence-electron chi connectivity index (χ0n) is 17.7. The van der Waals surface area contributed by atoms with Gasteiger partial charge in [-0.15, -0.1) is 0 Å². The van der Waals surface area contributed by atoms with Gasteiger partial charge in [-0.05, 0) is 43.9 Å². The first-order valence-corrected chi connectivity index (χ1v) is 10.5. The molecule has 2 aliphatic heterocycles. The Morgan fingerprint density at radius 3 is 2.83 bits per heavy atom. The van der Waals surface area contributed by atoms with Gasteiger partial charge in [0.25, 0.3) is 0 Å². The lowest BCUT2D eigenvalue weighted by molar-refractivity contribution is -0.139. The van der Waals surface area contributed by atoms with Crippen LogP contribution in [-0.4, -0.2) is 54.0 Å². The van der Waals surface area contributed by atoms with Gasteiger partial charge in [0.05, 0.1) is 17.7 Å². The lowest BCUT2D eigenvalue weighted by Crippen LogP contribution is -2.45. The molecule has 2 saturated heterocycles. The van der Waals surface area contributed by atoms with Crippen molar-refractivity contribution in [2.45, 2.75) is 38.3 Å². The molecular formula is C22H29FN6O. The van der Waals surface area contributed by atoms with Crippen LogP contribution in [0.25, 0.3) is 11.1 Å². The molecule has 1 aromatic carbocycles. The summed E-state index contributed by atoms with van der Waals surface area (Å²) in [5.74, 6) is 0.308. The van der Waals surface area contributed by atoms with Crippen LogP contribution in [0.3, 0.4) is 0 Å². The summed E-state index contributed by atoms with van der Waals surface area (Å²) in [6.45, 7) is 3.35. The second kappa shape index (κ2) is 8.65. The highest BCUT2D eigenvalue weighted by molar-refractivity contribution is 5.81. The molecule has 1 amide bonds. The average molecular weight is 413 g/mol. The van der Waals surface area contributed by atoms with Crippen LogP contribution in [0.2, 0.25) is 0 Å². The lowest BCUT2D eigenvalue weighted by Gasteiger charge is -2.38. The van der Waals surface area contributed by atoms with Crippen molar-refractivity contribution in [3.63, 3.8) is 0 Å². The Balaban J connectivity index is 1.77. The lowest BCUT2D eigenvalue weighted by atomic mass is 9.91. The third kappa shape index (κ3) is 4.02. The van der Waals surface area contributed by atoms with Crippen LogP contribution in [0.15, 0.2) is 30.5 Å². The Labute approximate surface area is 176 Å². The fraction of sp³-hybridized carbons (Fsp3) is 0.500. The number of benzene rings is 1. The second-order valence-corrected chi connectivity index (χ2v) is 8.34. The van der Waals surface area contributed by atoms with E-state index in [9.17, 15) is 9.18 Å². The molecule has 160 valence electrons. The zero-order valence-corrected chi connectivity index (χ0v) is 17.7. The van der Waals surface area contributed by atoms with E-state index < -0.39 is 0 Å². The molecule has 8 heteroatoms. The summed E-state index contributed by atoms with van der Waals surface area (Å²) in [5.41, 5.74) is 8.53. The Bertz CT molecular complexity index is 920. The highest BCUT2D eigenvalue weighted by Crippen LogP contribution is 2.37. The van der Waals surface area contributed by atoms with E-state index in [1.54, 1.807) is 12.3 Å². The Hall–Kier alpha value is -2.58. The van der Waals surface area contributed by atoms with Crippen molar-refractivity contribution >= 4 is 11.9 Å². The van der Waals surface area contributed by atoms with E-state index in [1.165, 1.54) is 12.1 Å². The van der Waals surface area contributed by atoms with Crippen LogP contribution < -0.4 is 15.8 Å². The van der Waals surface area contributed by atoms with E-state index in [1.807, 2.05) is 36.9 Å². The monoisotopic (exact) mass is 412 g/mol. The van der Waals surface area contributed by atoms with Gasteiger partial charge < -0.3 is 9.80 Å². The molecule has 30 heavy (non-hydrogen) atoms. The molecule has 0 saturated carbocycles. The van der Waals surface area contributed by atoms with Crippen LogP contribution in [0.5, 0.6) is 0 Å². The van der Waals surface area contributed by atoms with Crippen LogP contribution in [0, 0.1) is 11.7 Å². The molecule has 0 spiro atoms. The minimum atomic E-state index is -0.302. The largest absolute Gasteiger partial charge is 0.347 e. The van der Waals surface area contributed by atoms with E-state index in [-0.39, 0.29) is 29.7 Å². The first-order chi connectivity index (χ1) is 14.5. The summed E-state index contributed by atoms with van der Waals surface area (Å²) < 4.78 is 14.0. The van der Waals surface area contributed by atoms with Crippen molar-refractivity contribution in [3.8, 4) is 11.1 Å². The number of likely N-dealkylation sites (tertiary alicyclic amines) is 1. The van der Waals surface area contributed by atoms with Gasteiger partial charge in [-0.2, -0.15) is 0 Å². The molecule has 3 heterocycles. The highest BCUT2D eigenvalue weighted by atomic mass is 19.1.